The highest BCUT2D eigenvalue weighted by Crippen LogP contribution is 2.44. The summed E-state index contributed by atoms with van der Waals surface area (Å²) < 4.78 is 70.0. The third-order valence-corrected chi connectivity index (χ3v) is 5.21. The van der Waals surface area contributed by atoms with Crippen molar-refractivity contribution in [1.82, 2.24) is 15.5 Å². The first kappa shape index (κ1) is 22.2. The summed E-state index contributed by atoms with van der Waals surface area (Å²) in [5.74, 6) is -4.03. The first-order valence-electron chi connectivity index (χ1n) is 9.94. The average molecular weight is 455 g/mol. The molecule has 0 unspecified atom stereocenters. The second-order valence-corrected chi connectivity index (χ2v) is 7.32. The van der Waals surface area contributed by atoms with Crippen LogP contribution in [0.5, 0.6) is 11.5 Å². The van der Waals surface area contributed by atoms with E-state index in [1.807, 2.05) is 4.90 Å². The highest BCUT2D eigenvalue weighted by Gasteiger charge is 2.65. The summed E-state index contributed by atoms with van der Waals surface area (Å²) in [6, 6.07) is 9.81. The zero-order valence-corrected chi connectivity index (χ0v) is 16.8. The number of carbonyl (C=O) groups excluding carboxylic acids is 1. The summed E-state index contributed by atoms with van der Waals surface area (Å²) in [6.45, 7) is 2.03. The van der Waals surface area contributed by atoms with Gasteiger partial charge in [0, 0.05) is 19.6 Å². The normalized spacial score (nSPS) is 18.8. The van der Waals surface area contributed by atoms with Crippen molar-refractivity contribution in [2.45, 2.75) is 18.1 Å². The fourth-order valence-corrected chi connectivity index (χ4v) is 3.60. The second kappa shape index (κ2) is 8.83. The molecule has 7 nitrogen and oxygen atoms in total. The number of amides is 2. The Hall–Kier alpha value is -3.05. The number of para-hydroxylation sites is 2. The standard InChI is InChI=1S/C21H21F4N3O4/c22-15-7-5-14(6-8-15)16(28-9-11-30-12-10-28)13-26-19(29)27-21(20(23,24)25)31-17-3-1-2-4-18(17)32-21/h1-8,16H,9-13H2,(H2,26,27,29)/t16-/m0/s1. The van der Waals surface area contributed by atoms with Gasteiger partial charge in [0.1, 0.15) is 5.82 Å². The molecule has 0 saturated carbocycles. The highest BCUT2D eigenvalue weighted by atomic mass is 19.4. The molecule has 2 amide bonds. The van der Waals surface area contributed by atoms with Gasteiger partial charge in [-0.15, -0.1) is 0 Å². The number of ether oxygens (including phenoxy) is 3. The molecule has 2 heterocycles. The number of halogens is 4. The molecular weight excluding hydrogens is 434 g/mol. The molecule has 2 aliphatic heterocycles. The highest BCUT2D eigenvalue weighted by molar-refractivity contribution is 5.75. The van der Waals surface area contributed by atoms with E-state index in [0.717, 1.165) is 0 Å². The van der Waals surface area contributed by atoms with Gasteiger partial charge in [-0.2, -0.15) is 13.2 Å². The van der Waals surface area contributed by atoms with E-state index in [1.54, 1.807) is 17.4 Å². The fraction of sp³-hybridized carbons (Fsp3) is 0.381. The first-order valence-corrected chi connectivity index (χ1v) is 9.94. The van der Waals surface area contributed by atoms with Crippen molar-refractivity contribution in [2.24, 2.45) is 0 Å². The van der Waals surface area contributed by atoms with Crippen LogP contribution in [0.4, 0.5) is 22.4 Å². The molecule has 1 saturated heterocycles. The molecular formula is C21H21F4N3O4. The van der Waals surface area contributed by atoms with Crippen LogP contribution in [0.1, 0.15) is 11.6 Å². The minimum absolute atomic E-state index is 0.0294. The lowest BCUT2D eigenvalue weighted by atomic mass is 10.0. The number of hydrogen-bond donors (Lipinski definition) is 2. The molecule has 11 heteroatoms. The van der Waals surface area contributed by atoms with Crippen molar-refractivity contribution in [2.75, 3.05) is 32.8 Å². The van der Waals surface area contributed by atoms with Crippen molar-refractivity contribution in [3.05, 3.63) is 59.9 Å². The number of hydrogen-bond acceptors (Lipinski definition) is 5. The Balaban J connectivity index is 1.47. The second-order valence-electron chi connectivity index (χ2n) is 7.32. The molecule has 1 atom stereocenters. The lowest BCUT2D eigenvalue weighted by Crippen LogP contribution is -2.66. The van der Waals surface area contributed by atoms with E-state index in [-0.39, 0.29) is 18.0 Å². The zero-order chi connectivity index (χ0) is 22.8. The van der Waals surface area contributed by atoms with E-state index in [9.17, 15) is 22.4 Å². The van der Waals surface area contributed by atoms with Gasteiger partial charge in [-0.05, 0) is 29.8 Å². The number of alkyl halides is 3. The summed E-state index contributed by atoms with van der Waals surface area (Å²) in [4.78, 5) is 14.5. The maximum atomic E-state index is 13.8. The molecule has 4 rings (SSSR count). The maximum Gasteiger partial charge on any atom is 0.492 e. The van der Waals surface area contributed by atoms with E-state index >= 15 is 0 Å². The lowest BCUT2D eigenvalue weighted by molar-refractivity contribution is -0.317. The van der Waals surface area contributed by atoms with Gasteiger partial charge in [-0.1, -0.05) is 24.3 Å². The van der Waals surface area contributed by atoms with Crippen molar-refractivity contribution in [3.8, 4) is 11.5 Å². The van der Waals surface area contributed by atoms with Crippen molar-refractivity contribution >= 4 is 6.03 Å². The van der Waals surface area contributed by atoms with Gasteiger partial charge in [-0.25, -0.2) is 9.18 Å². The molecule has 2 aromatic rings. The van der Waals surface area contributed by atoms with Gasteiger partial charge >= 0.3 is 18.1 Å². The third kappa shape index (κ3) is 4.58. The Bertz CT molecular complexity index is 924. The largest absolute Gasteiger partial charge is 0.492 e. The topological polar surface area (TPSA) is 72.1 Å². The summed E-state index contributed by atoms with van der Waals surface area (Å²) in [5.41, 5.74) is 0.708. The molecule has 0 bridgehead atoms. The Morgan fingerprint density at radius 3 is 2.19 bits per heavy atom. The number of urea groups is 1. The number of nitrogens with one attached hydrogen (secondary N) is 2. The van der Waals surface area contributed by atoms with Gasteiger partial charge in [-0.3, -0.25) is 10.2 Å². The average Bonchev–Trinajstić information content (AvgIpc) is 3.15. The van der Waals surface area contributed by atoms with Crippen molar-refractivity contribution in [1.29, 1.82) is 0 Å². The van der Waals surface area contributed by atoms with E-state index in [1.165, 1.54) is 36.4 Å². The molecule has 0 aromatic heterocycles. The summed E-state index contributed by atoms with van der Waals surface area (Å²) in [5, 5.41) is 4.23. The predicted molar refractivity (Wildman–Crippen MR) is 105 cm³/mol. The molecule has 1 fully saturated rings. The first-order chi connectivity index (χ1) is 15.3. The van der Waals surface area contributed by atoms with Crippen LogP contribution in [0, 0.1) is 5.82 Å². The Morgan fingerprint density at radius 1 is 1.03 bits per heavy atom. The summed E-state index contributed by atoms with van der Waals surface area (Å²) in [7, 11) is 0. The number of morpholine rings is 1. The van der Waals surface area contributed by atoms with Crippen LogP contribution in [-0.2, 0) is 4.74 Å². The van der Waals surface area contributed by atoms with Crippen molar-refractivity contribution in [3.63, 3.8) is 0 Å². The van der Waals surface area contributed by atoms with Crippen LogP contribution in [0.3, 0.4) is 0 Å². The van der Waals surface area contributed by atoms with Gasteiger partial charge in [0.2, 0.25) is 0 Å². The molecule has 2 aromatic carbocycles. The minimum Gasteiger partial charge on any atom is -0.424 e. The number of fused-ring (bicyclic) bond motifs is 1. The number of nitrogens with zero attached hydrogens (tertiary/aromatic N) is 1. The van der Waals surface area contributed by atoms with E-state index in [4.69, 9.17) is 14.2 Å². The third-order valence-electron chi connectivity index (χ3n) is 5.21. The van der Waals surface area contributed by atoms with Crippen molar-refractivity contribution < 1.29 is 36.6 Å². The lowest BCUT2D eigenvalue weighted by Gasteiger charge is -2.35. The Labute approximate surface area is 181 Å². The molecule has 0 spiro atoms. The van der Waals surface area contributed by atoms with Gasteiger partial charge in [0.25, 0.3) is 0 Å². The fourth-order valence-electron chi connectivity index (χ4n) is 3.60. The van der Waals surface area contributed by atoms with E-state index in [0.29, 0.717) is 31.9 Å². The predicted octanol–water partition coefficient (Wildman–Crippen LogP) is 3.19. The SMILES string of the molecule is O=C(NC[C@@H](c1ccc(F)cc1)N1CCOCC1)NC1(C(F)(F)F)Oc2ccccc2O1. The smallest absolute Gasteiger partial charge is 0.424 e. The van der Waals surface area contributed by atoms with E-state index < -0.39 is 30.0 Å². The van der Waals surface area contributed by atoms with Crippen LogP contribution < -0.4 is 20.1 Å². The zero-order valence-electron chi connectivity index (χ0n) is 16.8. The number of rotatable bonds is 5. The monoisotopic (exact) mass is 455 g/mol. The molecule has 2 N–H and O–H groups in total. The molecule has 0 aliphatic carbocycles. The molecule has 0 radical (unpaired) electrons. The Morgan fingerprint density at radius 2 is 1.62 bits per heavy atom. The van der Waals surface area contributed by atoms with Crippen LogP contribution in [0.2, 0.25) is 0 Å². The van der Waals surface area contributed by atoms with Crippen LogP contribution >= 0.6 is 0 Å². The van der Waals surface area contributed by atoms with Crippen LogP contribution in [0.25, 0.3) is 0 Å². The van der Waals surface area contributed by atoms with Gasteiger partial charge in [0.05, 0.1) is 19.3 Å². The van der Waals surface area contributed by atoms with E-state index in [2.05, 4.69) is 5.32 Å². The molecule has 2 aliphatic rings. The Kier molecular flexibility index (Phi) is 6.11. The maximum absolute atomic E-state index is 13.8. The summed E-state index contributed by atoms with van der Waals surface area (Å²) in [6.07, 6.45) is -5.05. The minimum atomic E-state index is -5.05. The van der Waals surface area contributed by atoms with Crippen LogP contribution in [0.15, 0.2) is 48.5 Å². The summed E-state index contributed by atoms with van der Waals surface area (Å²) >= 11 is 0. The van der Waals surface area contributed by atoms with Crippen LogP contribution in [-0.4, -0.2) is 55.9 Å². The molecule has 32 heavy (non-hydrogen) atoms. The number of benzene rings is 2. The van der Waals surface area contributed by atoms with Gasteiger partial charge in [0.15, 0.2) is 11.5 Å². The van der Waals surface area contributed by atoms with Gasteiger partial charge < -0.3 is 19.5 Å². The number of carbonyl (C=O) groups is 1. The molecule has 172 valence electrons. The quantitative estimate of drug-likeness (QED) is 0.678.